The zero-order chi connectivity index (χ0) is 21.1. The Bertz CT molecular complexity index is 1230. The smallest absolute Gasteiger partial charge is 0.230 e. The molecule has 0 saturated carbocycles. The van der Waals surface area contributed by atoms with Crippen LogP contribution in [0, 0.1) is 0 Å². The number of rotatable bonds is 7. The molecule has 5 nitrogen and oxygen atoms in total. The van der Waals surface area contributed by atoms with E-state index in [4.69, 9.17) is 9.15 Å². The van der Waals surface area contributed by atoms with Crippen molar-refractivity contribution in [2.75, 3.05) is 19.0 Å². The summed E-state index contributed by atoms with van der Waals surface area (Å²) < 4.78 is 11.8. The molecule has 0 aliphatic carbocycles. The molecule has 1 heterocycles. The molecule has 0 bridgehead atoms. The van der Waals surface area contributed by atoms with Crippen LogP contribution in [0.2, 0.25) is 0 Å². The first-order valence-corrected chi connectivity index (χ1v) is 10.1. The average Bonchev–Trinajstić information content (AvgIpc) is 3.16. The highest BCUT2D eigenvalue weighted by Gasteiger charge is 2.23. The highest BCUT2D eigenvalue weighted by Crippen LogP contribution is 2.34. The summed E-state index contributed by atoms with van der Waals surface area (Å²) in [5, 5.41) is 3.87. The largest absolute Gasteiger partial charge is 0.496 e. The van der Waals surface area contributed by atoms with E-state index in [1.54, 1.807) is 43.5 Å². The first-order valence-electron chi connectivity index (χ1n) is 9.30. The zero-order valence-corrected chi connectivity index (χ0v) is 17.7. The van der Waals surface area contributed by atoms with E-state index in [2.05, 4.69) is 21.2 Å². The molecule has 1 N–H and O–H groups in total. The number of para-hydroxylation sites is 1. The van der Waals surface area contributed by atoms with Gasteiger partial charge < -0.3 is 14.5 Å². The molecule has 0 aliphatic heterocycles. The van der Waals surface area contributed by atoms with E-state index in [-0.39, 0.29) is 23.9 Å². The standard InChI is InChI=1S/C24H18BrNO4/c1-29-21-12-11-16(13-18(21)25)23(28)24-22(17-9-5-6-10-20(17)30-24)26-14-19(27)15-7-3-2-4-8-15/h2-13,26H,14H2,1H3. The van der Waals surface area contributed by atoms with Gasteiger partial charge in [0.25, 0.3) is 0 Å². The number of Topliss-reactive ketones (excluding diaryl/α,β-unsaturated/α-hetero) is 1. The fourth-order valence-corrected chi connectivity index (χ4v) is 3.76. The van der Waals surface area contributed by atoms with Crippen LogP contribution < -0.4 is 10.1 Å². The fraction of sp³-hybridized carbons (Fsp3) is 0.0833. The molecular weight excluding hydrogens is 446 g/mol. The maximum Gasteiger partial charge on any atom is 0.230 e. The van der Waals surface area contributed by atoms with Crippen molar-refractivity contribution in [2.24, 2.45) is 0 Å². The number of ether oxygens (including phenoxy) is 1. The van der Waals surface area contributed by atoms with Gasteiger partial charge in [0, 0.05) is 16.5 Å². The molecule has 0 saturated heterocycles. The quantitative estimate of drug-likeness (QED) is 0.354. The molecule has 0 amide bonds. The normalized spacial score (nSPS) is 10.7. The molecule has 0 aliphatic rings. The van der Waals surface area contributed by atoms with Crippen molar-refractivity contribution in [2.45, 2.75) is 0 Å². The summed E-state index contributed by atoms with van der Waals surface area (Å²) >= 11 is 3.41. The number of furan rings is 1. The molecule has 0 fully saturated rings. The third kappa shape index (κ3) is 3.86. The van der Waals surface area contributed by atoms with Crippen LogP contribution in [0.1, 0.15) is 26.5 Å². The molecule has 6 heteroatoms. The Kier molecular flexibility index (Phi) is 5.68. The Hall–Kier alpha value is -3.38. The second kappa shape index (κ2) is 8.55. The Morgan fingerprint density at radius 3 is 2.43 bits per heavy atom. The number of carbonyl (C=O) groups excluding carboxylic acids is 2. The summed E-state index contributed by atoms with van der Waals surface area (Å²) in [6, 6.07) is 21.4. The maximum atomic E-state index is 13.2. The van der Waals surface area contributed by atoms with Gasteiger partial charge in [0.2, 0.25) is 5.78 Å². The maximum absolute atomic E-state index is 13.2. The Morgan fingerprint density at radius 2 is 1.70 bits per heavy atom. The van der Waals surface area contributed by atoms with Gasteiger partial charge in [-0.05, 0) is 46.3 Å². The molecule has 3 aromatic carbocycles. The molecule has 0 radical (unpaired) electrons. The minimum absolute atomic E-state index is 0.0418. The number of carbonyl (C=O) groups is 2. The summed E-state index contributed by atoms with van der Waals surface area (Å²) in [5.41, 5.74) is 2.12. The number of hydrogen-bond acceptors (Lipinski definition) is 5. The van der Waals surface area contributed by atoms with Gasteiger partial charge >= 0.3 is 0 Å². The van der Waals surface area contributed by atoms with Crippen LogP contribution >= 0.6 is 15.9 Å². The predicted octanol–water partition coefficient (Wildman–Crippen LogP) is 5.73. The van der Waals surface area contributed by atoms with Crippen LogP contribution in [-0.2, 0) is 0 Å². The lowest BCUT2D eigenvalue weighted by atomic mass is 10.1. The van der Waals surface area contributed by atoms with Gasteiger partial charge in [-0.3, -0.25) is 9.59 Å². The lowest BCUT2D eigenvalue weighted by Gasteiger charge is -2.08. The second-order valence-corrected chi connectivity index (χ2v) is 7.48. The number of nitrogens with one attached hydrogen (secondary N) is 1. The molecule has 0 unspecified atom stereocenters. The van der Waals surface area contributed by atoms with Crippen LogP contribution in [0.3, 0.4) is 0 Å². The zero-order valence-electron chi connectivity index (χ0n) is 16.1. The number of benzene rings is 3. The topological polar surface area (TPSA) is 68.5 Å². The van der Waals surface area contributed by atoms with Crippen molar-refractivity contribution in [1.82, 2.24) is 0 Å². The minimum Gasteiger partial charge on any atom is -0.496 e. The lowest BCUT2D eigenvalue weighted by Crippen LogP contribution is -2.15. The van der Waals surface area contributed by atoms with E-state index in [1.807, 2.05) is 36.4 Å². The summed E-state index contributed by atoms with van der Waals surface area (Å²) in [6.45, 7) is 0.0418. The van der Waals surface area contributed by atoms with Crippen LogP contribution in [0.5, 0.6) is 5.75 Å². The number of methoxy groups -OCH3 is 1. The molecule has 150 valence electrons. The van der Waals surface area contributed by atoms with Gasteiger partial charge in [-0.15, -0.1) is 0 Å². The van der Waals surface area contributed by atoms with Crippen molar-refractivity contribution in [3.63, 3.8) is 0 Å². The van der Waals surface area contributed by atoms with E-state index in [0.717, 1.165) is 5.39 Å². The SMILES string of the molecule is COc1ccc(C(=O)c2oc3ccccc3c2NCC(=O)c2ccccc2)cc1Br. The van der Waals surface area contributed by atoms with Crippen molar-refractivity contribution in [3.8, 4) is 5.75 Å². The Balaban J connectivity index is 1.69. The van der Waals surface area contributed by atoms with Crippen LogP contribution in [0.4, 0.5) is 5.69 Å². The lowest BCUT2D eigenvalue weighted by molar-refractivity contribution is 0.0997. The number of halogens is 1. The number of ketones is 2. The molecule has 0 atom stereocenters. The van der Waals surface area contributed by atoms with E-state index >= 15 is 0 Å². The number of hydrogen-bond donors (Lipinski definition) is 1. The van der Waals surface area contributed by atoms with Gasteiger partial charge in [-0.25, -0.2) is 0 Å². The number of fused-ring (bicyclic) bond motifs is 1. The van der Waals surface area contributed by atoms with Gasteiger partial charge in [0.15, 0.2) is 11.5 Å². The summed E-state index contributed by atoms with van der Waals surface area (Å²) in [5.74, 6) is 0.424. The molecular formula is C24H18BrNO4. The van der Waals surface area contributed by atoms with Gasteiger partial charge in [0.1, 0.15) is 11.3 Å². The van der Waals surface area contributed by atoms with Gasteiger partial charge in [0.05, 0.1) is 23.8 Å². The van der Waals surface area contributed by atoms with Crippen molar-refractivity contribution in [1.29, 1.82) is 0 Å². The molecule has 4 rings (SSSR count). The fourth-order valence-electron chi connectivity index (χ4n) is 3.21. The first-order chi connectivity index (χ1) is 14.6. The summed E-state index contributed by atoms with van der Waals surface area (Å²) in [7, 11) is 1.56. The average molecular weight is 464 g/mol. The van der Waals surface area contributed by atoms with E-state index in [0.29, 0.717) is 32.6 Å². The van der Waals surface area contributed by atoms with Crippen LogP contribution in [-0.4, -0.2) is 25.2 Å². The third-order valence-corrected chi connectivity index (χ3v) is 5.36. The van der Waals surface area contributed by atoms with Crippen molar-refractivity contribution >= 4 is 44.2 Å². The Morgan fingerprint density at radius 1 is 0.967 bits per heavy atom. The van der Waals surface area contributed by atoms with Crippen molar-refractivity contribution in [3.05, 3.63) is 94.2 Å². The minimum atomic E-state index is -0.288. The molecule has 4 aromatic rings. The highest BCUT2D eigenvalue weighted by atomic mass is 79.9. The third-order valence-electron chi connectivity index (χ3n) is 4.74. The molecule has 30 heavy (non-hydrogen) atoms. The van der Waals surface area contributed by atoms with E-state index < -0.39 is 0 Å². The number of anilines is 1. The Labute approximate surface area is 181 Å². The summed E-state index contributed by atoms with van der Waals surface area (Å²) in [4.78, 5) is 25.8. The summed E-state index contributed by atoms with van der Waals surface area (Å²) in [6.07, 6.45) is 0. The monoisotopic (exact) mass is 463 g/mol. The second-order valence-electron chi connectivity index (χ2n) is 6.62. The van der Waals surface area contributed by atoms with E-state index in [1.165, 1.54) is 0 Å². The molecule has 1 aromatic heterocycles. The predicted molar refractivity (Wildman–Crippen MR) is 120 cm³/mol. The van der Waals surface area contributed by atoms with E-state index in [9.17, 15) is 9.59 Å². The highest BCUT2D eigenvalue weighted by molar-refractivity contribution is 9.10. The van der Waals surface area contributed by atoms with Gasteiger partial charge in [-0.1, -0.05) is 42.5 Å². The molecule has 0 spiro atoms. The van der Waals surface area contributed by atoms with Crippen LogP contribution in [0.15, 0.2) is 81.7 Å². The van der Waals surface area contributed by atoms with Crippen LogP contribution in [0.25, 0.3) is 11.0 Å². The van der Waals surface area contributed by atoms with Crippen molar-refractivity contribution < 1.29 is 18.7 Å². The van der Waals surface area contributed by atoms with Gasteiger partial charge in [-0.2, -0.15) is 0 Å². The first kappa shape index (κ1) is 19.9.